The van der Waals surface area contributed by atoms with Crippen molar-refractivity contribution in [2.75, 3.05) is 51.2 Å². The van der Waals surface area contributed by atoms with Crippen molar-refractivity contribution in [3.05, 3.63) is 24.0 Å². The minimum atomic E-state index is 0.0857. The smallest absolute Gasteiger partial charge is 0.272 e. The highest BCUT2D eigenvalue weighted by molar-refractivity contribution is 5.93. The van der Waals surface area contributed by atoms with Gasteiger partial charge < -0.3 is 14.7 Å². The lowest BCUT2D eigenvalue weighted by Crippen LogP contribution is -2.44. The van der Waals surface area contributed by atoms with Gasteiger partial charge in [0.05, 0.1) is 0 Å². The number of aromatic nitrogens is 1. The Morgan fingerprint density at radius 3 is 2.73 bits per heavy atom. The molecule has 0 bridgehead atoms. The van der Waals surface area contributed by atoms with Crippen LogP contribution in [0.4, 0.5) is 5.69 Å². The summed E-state index contributed by atoms with van der Waals surface area (Å²) in [5.41, 5.74) is 1.71. The predicted octanol–water partition coefficient (Wildman–Crippen LogP) is 1.71. The molecular weight excluding hydrogens is 276 g/mol. The van der Waals surface area contributed by atoms with Gasteiger partial charge in [-0.15, -0.1) is 0 Å². The highest BCUT2D eigenvalue weighted by Gasteiger charge is 2.23. The zero-order valence-electron chi connectivity index (χ0n) is 13.7. The molecule has 0 aliphatic carbocycles. The van der Waals surface area contributed by atoms with Crippen LogP contribution in [-0.2, 0) is 0 Å². The third-order valence-corrected chi connectivity index (χ3v) is 4.78. The number of piperazine rings is 1. The lowest BCUT2D eigenvalue weighted by atomic mass is 10.00. The molecule has 3 heterocycles. The van der Waals surface area contributed by atoms with Gasteiger partial charge in [0.15, 0.2) is 0 Å². The number of rotatable bonds is 2. The van der Waals surface area contributed by atoms with Crippen LogP contribution in [0.3, 0.4) is 0 Å². The Bertz CT molecular complexity index is 525. The first-order valence-electron chi connectivity index (χ1n) is 8.32. The van der Waals surface area contributed by atoms with E-state index in [1.807, 2.05) is 17.0 Å². The van der Waals surface area contributed by atoms with Gasteiger partial charge in [-0.05, 0) is 37.9 Å². The normalized spacial score (nSPS) is 23.6. The fourth-order valence-electron chi connectivity index (χ4n) is 3.33. The first-order valence-corrected chi connectivity index (χ1v) is 8.32. The molecule has 0 spiro atoms. The van der Waals surface area contributed by atoms with Crippen molar-refractivity contribution in [1.29, 1.82) is 0 Å². The van der Waals surface area contributed by atoms with Gasteiger partial charge >= 0.3 is 0 Å². The fraction of sp³-hybridized carbons (Fsp3) is 0.647. The van der Waals surface area contributed by atoms with Crippen LogP contribution in [0.5, 0.6) is 0 Å². The van der Waals surface area contributed by atoms with Crippen molar-refractivity contribution < 1.29 is 4.79 Å². The Labute approximate surface area is 132 Å². The van der Waals surface area contributed by atoms with E-state index in [-0.39, 0.29) is 5.91 Å². The van der Waals surface area contributed by atoms with E-state index in [2.05, 4.69) is 28.8 Å². The summed E-state index contributed by atoms with van der Waals surface area (Å²) in [7, 11) is 2.15. The van der Waals surface area contributed by atoms with Crippen LogP contribution >= 0.6 is 0 Å². The molecule has 0 saturated carbocycles. The van der Waals surface area contributed by atoms with E-state index >= 15 is 0 Å². The quantitative estimate of drug-likeness (QED) is 0.834. The summed E-state index contributed by atoms with van der Waals surface area (Å²) in [6.45, 7) is 8.09. The highest BCUT2D eigenvalue weighted by Crippen LogP contribution is 2.20. The summed E-state index contributed by atoms with van der Waals surface area (Å²) in [6.07, 6.45) is 4.10. The van der Waals surface area contributed by atoms with E-state index in [9.17, 15) is 4.79 Å². The molecule has 0 radical (unpaired) electrons. The lowest BCUT2D eigenvalue weighted by molar-refractivity contribution is 0.0677. The number of pyridine rings is 1. The van der Waals surface area contributed by atoms with Crippen LogP contribution in [0.2, 0.25) is 0 Å². The Morgan fingerprint density at radius 2 is 2.00 bits per heavy atom. The number of likely N-dealkylation sites (N-methyl/N-ethyl adjacent to an activating group) is 1. The number of hydrogen-bond donors (Lipinski definition) is 0. The van der Waals surface area contributed by atoms with Crippen LogP contribution in [0.15, 0.2) is 18.3 Å². The first-order chi connectivity index (χ1) is 10.6. The number of hydrogen-bond acceptors (Lipinski definition) is 4. The summed E-state index contributed by atoms with van der Waals surface area (Å²) in [5.74, 6) is 0.682. The van der Waals surface area contributed by atoms with E-state index < -0.39 is 0 Å². The average molecular weight is 302 g/mol. The number of carbonyl (C=O) groups is 1. The summed E-state index contributed by atoms with van der Waals surface area (Å²) >= 11 is 0. The molecule has 1 unspecified atom stereocenters. The maximum absolute atomic E-state index is 12.7. The average Bonchev–Trinajstić information content (AvgIpc) is 2.55. The van der Waals surface area contributed by atoms with Gasteiger partial charge in [-0.2, -0.15) is 0 Å². The predicted molar refractivity (Wildman–Crippen MR) is 88.2 cm³/mol. The van der Waals surface area contributed by atoms with E-state index in [0.29, 0.717) is 11.6 Å². The van der Waals surface area contributed by atoms with E-state index in [0.717, 1.165) is 51.4 Å². The maximum atomic E-state index is 12.7. The number of anilines is 1. The van der Waals surface area contributed by atoms with Crippen LogP contribution < -0.4 is 4.90 Å². The Hall–Kier alpha value is -1.62. The van der Waals surface area contributed by atoms with Crippen molar-refractivity contribution in [3.63, 3.8) is 0 Å². The van der Waals surface area contributed by atoms with E-state index in [1.165, 1.54) is 6.42 Å². The molecule has 2 fully saturated rings. The molecule has 1 aromatic rings. The van der Waals surface area contributed by atoms with Crippen LogP contribution in [0, 0.1) is 5.92 Å². The standard InChI is InChI=1S/C17H26N4O/c1-14-4-3-7-21(13-14)17(22)16-12-15(5-6-18-16)20-10-8-19(2)9-11-20/h5-6,12,14H,3-4,7-11,13H2,1-2H3. The van der Waals surface area contributed by atoms with Crippen molar-refractivity contribution in [3.8, 4) is 0 Å². The fourth-order valence-corrected chi connectivity index (χ4v) is 3.33. The van der Waals surface area contributed by atoms with E-state index in [1.54, 1.807) is 6.20 Å². The van der Waals surface area contributed by atoms with Gasteiger partial charge in [-0.1, -0.05) is 6.92 Å². The molecule has 2 aliphatic heterocycles. The third-order valence-electron chi connectivity index (χ3n) is 4.78. The van der Waals surface area contributed by atoms with E-state index in [4.69, 9.17) is 0 Å². The topological polar surface area (TPSA) is 39.7 Å². The van der Waals surface area contributed by atoms with Gasteiger partial charge in [-0.3, -0.25) is 9.78 Å². The molecule has 0 N–H and O–H groups in total. The van der Waals surface area contributed by atoms with Crippen molar-refractivity contribution in [1.82, 2.24) is 14.8 Å². The molecule has 5 nitrogen and oxygen atoms in total. The number of nitrogens with zero attached hydrogens (tertiary/aromatic N) is 4. The van der Waals surface area contributed by atoms with Gasteiger partial charge in [0.25, 0.3) is 5.91 Å². The molecule has 3 rings (SSSR count). The van der Waals surface area contributed by atoms with Crippen LogP contribution in [-0.4, -0.2) is 67.0 Å². The minimum absolute atomic E-state index is 0.0857. The minimum Gasteiger partial charge on any atom is -0.369 e. The third kappa shape index (κ3) is 3.40. The number of carbonyl (C=O) groups excluding carboxylic acids is 1. The molecule has 120 valence electrons. The Balaban J connectivity index is 1.71. The number of amides is 1. The second-order valence-corrected chi connectivity index (χ2v) is 6.69. The Kier molecular flexibility index (Phi) is 4.62. The number of likely N-dealkylation sites (tertiary alicyclic amines) is 1. The first kappa shape index (κ1) is 15.3. The largest absolute Gasteiger partial charge is 0.369 e. The van der Waals surface area contributed by atoms with Crippen molar-refractivity contribution in [2.45, 2.75) is 19.8 Å². The van der Waals surface area contributed by atoms with Gasteiger partial charge in [0.2, 0.25) is 0 Å². The maximum Gasteiger partial charge on any atom is 0.272 e. The summed E-state index contributed by atoms with van der Waals surface area (Å²) in [5, 5.41) is 0. The molecular formula is C17H26N4O. The van der Waals surface area contributed by atoms with Crippen molar-refractivity contribution in [2.24, 2.45) is 5.92 Å². The van der Waals surface area contributed by atoms with Crippen LogP contribution in [0.1, 0.15) is 30.3 Å². The van der Waals surface area contributed by atoms with Crippen LogP contribution in [0.25, 0.3) is 0 Å². The molecule has 0 aromatic carbocycles. The van der Waals surface area contributed by atoms with Gasteiger partial charge in [-0.25, -0.2) is 0 Å². The zero-order chi connectivity index (χ0) is 15.5. The van der Waals surface area contributed by atoms with Gasteiger partial charge in [0.1, 0.15) is 5.69 Å². The molecule has 2 aliphatic rings. The van der Waals surface area contributed by atoms with Gasteiger partial charge in [0, 0.05) is 51.2 Å². The summed E-state index contributed by atoms with van der Waals surface area (Å²) in [4.78, 5) is 23.6. The second-order valence-electron chi connectivity index (χ2n) is 6.69. The molecule has 2 saturated heterocycles. The lowest BCUT2D eigenvalue weighted by Gasteiger charge is -2.34. The highest BCUT2D eigenvalue weighted by atomic mass is 16.2. The second kappa shape index (κ2) is 6.65. The zero-order valence-corrected chi connectivity index (χ0v) is 13.7. The molecule has 5 heteroatoms. The summed E-state index contributed by atoms with van der Waals surface area (Å²) < 4.78 is 0. The van der Waals surface area contributed by atoms with Crippen molar-refractivity contribution >= 4 is 11.6 Å². The molecule has 22 heavy (non-hydrogen) atoms. The molecule has 1 aromatic heterocycles. The Morgan fingerprint density at radius 1 is 1.23 bits per heavy atom. The molecule has 1 amide bonds. The summed E-state index contributed by atoms with van der Waals surface area (Å²) in [6, 6.07) is 3.98. The number of piperidine rings is 1. The SMILES string of the molecule is CC1CCCN(C(=O)c2cc(N3CCN(C)CC3)ccn2)C1. The molecule has 1 atom stereocenters. The monoisotopic (exact) mass is 302 g/mol.